The maximum Gasteiger partial charge on any atom is 0.344 e. The predicted molar refractivity (Wildman–Crippen MR) is 414 cm³/mol. The quantitative estimate of drug-likeness (QED) is 0.0201. The fraction of sp³-hybridized carbons (Fsp3) is 0.695. The molecule has 33 heteroatoms. The molecular weight excluding hydrogens is 1580 g/mol. The lowest BCUT2D eigenvalue weighted by atomic mass is 9.56. The van der Waals surface area contributed by atoms with Crippen molar-refractivity contribution in [1.82, 2.24) is 0 Å². The molecule has 115 heavy (non-hydrogen) atoms. The van der Waals surface area contributed by atoms with Gasteiger partial charge >= 0.3 is 41.8 Å². The Morgan fingerprint density at radius 3 is 0.904 bits per heavy atom. The van der Waals surface area contributed by atoms with Gasteiger partial charge in [-0.15, -0.1) is 0 Å². The Bertz CT molecular complexity index is 3780. The molecule has 0 heterocycles. The van der Waals surface area contributed by atoms with Gasteiger partial charge in [0.2, 0.25) is 17.4 Å². The second-order valence-corrected chi connectivity index (χ2v) is 36.8. The van der Waals surface area contributed by atoms with E-state index in [1.54, 1.807) is 132 Å². The van der Waals surface area contributed by atoms with Crippen molar-refractivity contribution in [3.8, 4) is 23.0 Å². The molecule has 0 radical (unpaired) electrons. The number of carbonyl (C=O) groups is 7. The van der Waals surface area contributed by atoms with Crippen molar-refractivity contribution in [2.75, 3.05) is 39.3 Å². The summed E-state index contributed by atoms with van der Waals surface area (Å²) in [7, 11) is -14.2. The highest BCUT2D eigenvalue weighted by Crippen LogP contribution is 2.55. The Labute approximate surface area is 677 Å². The third-order valence-corrected chi connectivity index (χ3v) is 22.6. The van der Waals surface area contributed by atoms with Crippen LogP contribution < -0.4 is 18.9 Å². The van der Waals surface area contributed by atoms with Gasteiger partial charge in [0.25, 0.3) is 5.92 Å². The average Bonchev–Trinajstić information content (AvgIpc) is 0.765. The third kappa shape index (κ3) is 38.1. The highest BCUT2D eigenvalue weighted by atomic mass is 32.2. The number of ether oxygens (including phenoxy) is 8. The second-order valence-electron chi connectivity index (χ2n) is 32.7. The molecule has 8 saturated carbocycles. The first kappa shape index (κ1) is 106. The number of hydrogen-bond donors (Lipinski definition) is 0. The highest BCUT2D eigenvalue weighted by molar-refractivity contribution is 7.86. The summed E-state index contributed by atoms with van der Waals surface area (Å²) in [6, 6.07) is 10.8. The monoisotopic (exact) mass is 1700 g/mol. The van der Waals surface area contributed by atoms with E-state index in [1.807, 2.05) is 62.3 Å². The number of esters is 7. The molecule has 0 N–H and O–H groups in total. The van der Waals surface area contributed by atoms with Crippen molar-refractivity contribution < 1.29 is 137 Å². The van der Waals surface area contributed by atoms with Crippen LogP contribution in [0.1, 0.15) is 248 Å². The van der Waals surface area contributed by atoms with Crippen LogP contribution in [0.4, 0.5) is 26.3 Å². The fourth-order valence-corrected chi connectivity index (χ4v) is 13.9. The standard InChI is InChI=1S/C17H22F2O5.C12H12F4O5S.C12H16O5S.C10H18O4.2C10H16.C8H16O2.C2H6.CH4O3S/c1-5-16(2,3)15(21)24-13-8-6-12(7-9-13)22-10-14(20)23-11-17(4,18)19;1-4-12(2,3)11(17)21-9-5(13)7(15)10(22(18,19)20)8(16)6(9)14;1-4-12(2,3)11(13)17-9-5-7-10(8-6-9)18(14,15)16;1-5-10(3,4)9(12)14-7-8(11)13-6-2;2*1-7-2-9-4-8(1)5-10(3-7)6-9;1-5-8(3,4)7(9)10-6-2;1-2;1-5(2,3)4/h6-9H,5,10-11H2,1-4H3;4H2,1-3H3,(H,18,19,20);5-8H,4H2,1-3H3,(H,14,15,16);5-7H2,1-4H3;2*7-10H,1-6H2;5-6H2,1-4H3;1-2H3;1H3,(H,2,3,4)/p-3. The predicted octanol–water partition coefficient (Wildman–Crippen LogP) is 17.4. The zero-order valence-corrected chi connectivity index (χ0v) is 73.0. The number of benzene rings is 3. The number of hydrogen-bond acceptors (Lipinski definition) is 24. The zero-order valence-electron chi connectivity index (χ0n) is 70.6. The van der Waals surface area contributed by atoms with Crippen LogP contribution in [0.3, 0.4) is 0 Å². The molecule has 0 unspecified atom stereocenters. The Morgan fingerprint density at radius 2 is 0.635 bits per heavy atom. The summed E-state index contributed by atoms with van der Waals surface area (Å²) in [4.78, 5) is 77.3. The van der Waals surface area contributed by atoms with E-state index in [2.05, 4.69) is 14.2 Å². The van der Waals surface area contributed by atoms with Gasteiger partial charge in [-0.2, -0.15) is 8.78 Å². The van der Waals surface area contributed by atoms with E-state index >= 15 is 0 Å². The lowest BCUT2D eigenvalue weighted by molar-refractivity contribution is -0.164. The second kappa shape index (κ2) is 47.0. The molecule has 8 aliphatic rings. The lowest BCUT2D eigenvalue weighted by Gasteiger charge is -2.49. The van der Waals surface area contributed by atoms with E-state index in [0.29, 0.717) is 57.2 Å². The average molecular weight is 1700 g/mol. The van der Waals surface area contributed by atoms with Crippen molar-refractivity contribution in [2.24, 2.45) is 74.4 Å². The van der Waals surface area contributed by atoms with Crippen molar-refractivity contribution in [3.05, 3.63) is 71.8 Å². The minimum absolute atomic E-state index is 0.0995. The summed E-state index contributed by atoms with van der Waals surface area (Å²) in [6.07, 6.45) is 22.8. The van der Waals surface area contributed by atoms with Crippen molar-refractivity contribution in [2.45, 2.75) is 263 Å². The molecule has 658 valence electrons. The molecule has 3 aromatic rings. The van der Waals surface area contributed by atoms with E-state index in [1.165, 1.54) is 97.6 Å². The summed E-state index contributed by atoms with van der Waals surface area (Å²) >= 11 is 0. The summed E-state index contributed by atoms with van der Waals surface area (Å²) in [5.41, 5.74) is -3.25. The summed E-state index contributed by atoms with van der Waals surface area (Å²) < 4.78 is 209. The Kier molecular flexibility index (Phi) is 43.4. The van der Waals surface area contributed by atoms with E-state index < -0.39 is 129 Å². The Balaban J connectivity index is 0.000000675. The third-order valence-electron chi connectivity index (χ3n) is 20.9. The van der Waals surface area contributed by atoms with Crippen LogP contribution in [-0.4, -0.2) is 126 Å². The molecule has 0 aromatic heterocycles. The van der Waals surface area contributed by atoms with E-state index in [4.69, 9.17) is 36.7 Å². The van der Waals surface area contributed by atoms with Crippen molar-refractivity contribution in [1.29, 1.82) is 0 Å². The topological polar surface area (TPSA) is 365 Å². The van der Waals surface area contributed by atoms with E-state index in [-0.39, 0.29) is 47.0 Å². The molecule has 0 amide bonds. The van der Waals surface area contributed by atoms with Gasteiger partial charge in [0, 0.05) is 13.2 Å². The highest BCUT2D eigenvalue weighted by Gasteiger charge is 2.44. The number of carbonyl (C=O) groups excluding carboxylic acids is 7. The smallest absolute Gasteiger partial charge is 0.344 e. The molecular formula is C82H123F6O24S3-3. The van der Waals surface area contributed by atoms with Gasteiger partial charge in [-0.1, -0.05) is 48.5 Å². The molecule has 0 atom stereocenters. The van der Waals surface area contributed by atoms with Crippen LogP contribution in [0.2, 0.25) is 0 Å². The van der Waals surface area contributed by atoms with Crippen LogP contribution in [0.15, 0.2) is 58.3 Å². The Morgan fingerprint density at radius 1 is 0.374 bits per heavy atom. The molecule has 0 saturated heterocycles. The molecule has 0 aliphatic heterocycles. The summed E-state index contributed by atoms with van der Waals surface area (Å²) in [5.74, 6) is -7.79. The van der Waals surface area contributed by atoms with Crippen LogP contribution >= 0.6 is 0 Å². The molecule has 11 rings (SSSR count). The van der Waals surface area contributed by atoms with Gasteiger partial charge in [0.1, 0.15) is 42.4 Å². The van der Waals surface area contributed by atoms with Gasteiger partial charge in [-0.3, -0.25) is 24.0 Å². The van der Waals surface area contributed by atoms with Crippen LogP contribution in [0.25, 0.3) is 0 Å². The fourth-order valence-electron chi connectivity index (χ4n) is 12.8. The number of halogens is 6. The van der Waals surface area contributed by atoms with E-state index in [0.717, 1.165) is 18.6 Å². The van der Waals surface area contributed by atoms with Crippen molar-refractivity contribution >= 4 is 72.1 Å². The van der Waals surface area contributed by atoms with Gasteiger partial charge in [0.05, 0.1) is 55.3 Å². The zero-order chi connectivity index (χ0) is 88.8. The van der Waals surface area contributed by atoms with Crippen LogP contribution in [0, 0.1) is 97.7 Å². The SMILES string of the molecule is C1C2CC3CC1CC(C2)C3.C1C2CC3CC1CC(C2)C3.CC.CCC(C)(C)C(=O)Oc1c(F)c(F)c(S(=O)(=O)[O-])c(F)c1F.CCC(C)(C)C(=O)Oc1ccc(OCC(=O)OCC(C)(F)F)cc1.CCC(C)(C)C(=O)Oc1ccc(S(=O)(=O)[O-])cc1.CCOC(=O)C(C)(C)CC.CCOC(=O)COC(=O)C(C)(C)CC.CS(=O)(=O)[O-]. The van der Waals surface area contributed by atoms with Crippen LogP contribution in [0.5, 0.6) is 23.0 Å². The van der Waals surface area contributed by atoms with Gasteiger partial charge < -0.3 is 51.6 Å². The molecule has 24 nitrogen and oxygen atoms in total. The normalized spacial score (nSPS) is 19.6. The van der Waals surface area contributed by atoms with Gasteiger partial charge in [0.15, 0.2) is 31.5 Å². The van der Waals surface area contributed by atoms with E-state index in [9.17, 15) is 85.8 Å². The number of rotatable bonds is 24. The number of alkyl halides is 2. The molecule has 0 spiro atoms. The maximum atomic E-state index is 13.6. The van der Waals surface area contributed by atoms with Gasteiger partial charge in [-0.05, 0) is 288 Å². The molecule has 8 fully saturated rings. The largest absolute Gasteiger partial charge is 0.748 e. The van der Waals surface area contributed by atoms with Crippen molar-refractivity contribution in [3.63, 3.8) is 0 Å². The maximum absolute atomic E-state index is 13.6. The summed E-state index contributed by atoms with van der Waals surface area (Å²) in [6.45, 7) is 33.5. The van der Waals surface area contributed by atoms with Gasteiger partial charge in [-0.25, -0.2) is 52.4 Å². The first-order chi connectivity index (χ1) is 52.8. The summed E-state index contributed by atoms with van der Waals surface area (Å²) in [5, 5.41) is 0. The molecule has 3 aromatic carbocycles. The lowest BCUT2D eigenvalue weighted by Crippen LogP contribution is -2.38. The minimum Gasteiger partial charge on any atom is -0.748 e. The molecule has 8 bridgehead atoms. The first-order valence-corrected chi connectivity index (χ1v) is 43.7. The molecule has 8 aliphatic carbocycles. The van der Waals surface area contributed by atoms with Crippen LogP contribution in [-0.2, 0) is 82.9 Å². The first-order valence-electron chi connectivity index (χ1n) is 39.0. The Hall–Kier alpha value is -6.94. The minimum atomic E-state index is -5.81.